The van der Waals surface area contributed by atoms with Crippen molar-refractivity contribution in [2.45, 2.75) is 19.5 Å². The number of rotatable bonds is 2. The maximum atomic E-state index is 13.0. The van der Waals surface area contributed by atoms with Gasteiger partial charge in [0.25, 0.3) is 0 Å². The minimum absolute atomic E-state index is 0.130. The summed E-state index contributed by atoms with van der Waals surface area (Å²) in [7, 11) is 0. The molecule has 0 saturated heterocycles. The van der Waals surface area contributed by atoms with Crippen molar-refractivity contribution in [2.24, 2.45) is 5.73 Å². The zero-order valence-electron chi connectivity index (χ0n) is 14.4. The van der Waals surface area contributed by atoms with Crippen LogP contribution in [0.15, 0.2) is 59.1 Å². The highest BCUT2D eigenvalue weighted by Crippen LogP contribution is 2.39. The van der Waals surface area contributed by atoms with E-state index in [-0.39, 0.29) is 12.5 Å². The number of carbonyl (C=O) groups is 1. The predicted molar refractivity (Wildman–Crippen MR) is 107 cm³/mol. The molecular weight excluding hydrogens is 392 g/mol. The quantitative estimate of drug-likeness (QED) is 0.689. The lowest BCUT2D eigenvalue weighted by Gasteiger charge is -2.25. The molecule has 0 fully saturated rings. The van der Waals surface area contributed by atoms with Crippen LogP contribution in [0.5, 0.6) is 5.75 Å². The van der Waals surface area contributed by atoms with E-state index in [4.69, 9.17) is 10.5 Å². The van der Waals surface area contributed by atoms with E-state index in [1.807, 2.05) is 30.3 Å². The van der Waals surface area contributed by atoms with Gasteiger partial charge in [-0.25, -0.2) is 0 Å². The molecule has 2 N–H and O–H groups in total. The maximum Gasteiger partial charge on any atom is 0.247 e. The lowest BCUT2D eigenvalue weighted by Crippen LogP contribution is -2.45. The van der Waals surface area contributed by atoms with Crippen LogP contribution in [0.3, 0.4) is 0 Å². The number of fused-ring (bicyclic) bond motifs is 2. The smallest absolute Gasteiger partial charge is 0.247 e. The van der Waals surface area contributed by atoms with Crippen LogP contribution in [0.2, 0.25) is 0 Å². The van der Waals surface area contributed by atoms with Gasteiger partial charge in [-0.2, -0.15) is 0 Å². The number of anilines is 1. The fourth-order valence-corrected chi connectivity index (χ4v) is 3.86. The molecule has 1 aliphatic heterocycles. The molecule has 132 valence electrons. The molecule has 0 bridgehead atoms. The minimum Gasteiger partial charge on any atom is -0.488 e. The molecule has 5 heteroatoms. The number of benzene rings is 3. The highest BCUT2D eigenvalue weighted by Gasteiger charge is 2.30. The third-order valence-electron chi connectivity index (χ3n) is 4.82. The van der Waals surface area contributed by atoms with E-state index in [0.717, 1.165) is 32.1 Å². The van der Waals surface area contributed by atoms with E-state index >= 15 is 0 Å². The number of hydrogen-bond acceptors (Lipinski definition) is 3. The molecule has 3 aromatic rings. The van der Waals surface area contributed by atoms with Crippen molar-refractivity contribution >= 4 is 38.3 Å². The molecule has 3 aromatic carbocycles. The average Bonchev–Trinajstić information content (AvgIpc) is 2.76. The molecule has 1 amide bonds. The topological polar surface area (TPSA) is 55.6 Å². The zero-order valence-corrected chi connectivity index (χ0v) is 16.0. The highest BCUT2D eigenvalue weighted by molar-refractivity contribution is 9.10. The molecule has 0 aromatic heterocycles. The number of hydrogen-bond donors (Lipinski definition) is 1. The van der Waals surface area contributed by atoms with Crippen LogP contribution in [0.25, 0.3) is 10.8 Å². The van der Waals surface area contributed by atoms with Crippen LogP contribution in [0, 0.1) is 6.92 Å². The van der Waals surface area contributed by atoms with Crippen LogP contribution < -0.4 is 15.4 Å². The number of carbonyl (C=O) groups excluding carboxylic acids is 1. The van der Waals surface area contributed by atoms with Gasteiger partial charge in [-0.15, -0.1) is 0 Å². The molecule has 0 aliphatic carbocycles. The van der Waals surface area contributed by atoms with Gasteiger partial charge in [0.05, 0.1) is 16.7 Å². The monoisotopic (exact) mass is 410 g/mol. The van der Waals surface area contributed by atoms with Gasteiger partial charge in [-0.1, -0.05) is 42.5 Å². The van der Waals surface area contributed by atoms with Crippen molar-refractivity contribution in [1.82, 2.24) is 0 Å². The van der Waals surface area contributed by atoms with Gasteiger partial charge < -0.3 is 15.4 Å². The Morgan fingerprint density at radius 1 is 1.15 bits per heavy atom. The Labute approximate surface area is 160 Å². The van der Waals surface area contributed by atoms with Crippen molar-refractivity contribution < 1.29 is 9.53 Å². The predicted octanol–water partition coefficient (Wildman–Crippen LogP) is 4.16. The first-order chi connectivity index (χ1) is 12.6. The second-order valence-corrected chi connectivity index (χ2v) is 7.37. The maximum absolute atomic E-state index is 13.0. The number of amides is 1. The van der Waals surface area contributed by atoms with Crippen molar-refractivity contribution in [1.29, 1.82) is 0 Å². The Bertz CT molecular complexity index is 1000. The molecular formula is C21H19BrN2O2. The van der Waals surface area contributed by atoms with Gasteiger partial charge in [-0.05, 0) is 56.9 Å². The van der Waals surface area contributed by atoms with E-state index in [1.54, 1.807) is 4.90 Å². The summed E-state index contributed by atoms with van der Waals surface area (Å²) < 4.78 is 6.63. The van der Waals surface area contributed by atoms with Gasteiger partial charge in [-0.3, -0.25) is 4.79 Å². The van der Waals surface area contributed by atoms with E-state index < -0.39 is 6.04 Å². The average molecular weight is 411 g/mol. The third-order valence-corrected chi connectivity index (χ3v) is 5.44. The summed E-state index contributed by atoms with van der Waals surface area (Å²) in [5.41, 5.74) is 9.08. The Morgan fingerprint density at radius 2 is 1.96 bits per heavy atom. The van der Waals surface area contributed by atoms with E-state index in [2.05, 4.69) is 47.1 Å². The van der Waals surface area contributed by atoms with Gasteiger partial charge in [0.1, 0.15) is 12.6 Å². The molecule has 4 rings (SSSR count). The van der Waals surface area contributed by atoms with Crippen molar-refractivity contribution in [2.75, 3.05) is 11.5 Å². The summed E-state index contributed by atoms with van der Waals surface area (Å²) in [5.74, 6) is 0.529. The summed E-state index contributed by atoms with van der Waals surface area (Å²) >= 11 is 3.52. The molecule has 1 aliphatic rings. The summed E-state index contributed by atoms with van der Waals surface area (Å²) in [4.78, 5) is 14.7. The number of para-hydroxylation sites is 1. The van der Waals surface area contributed by atoms with E-state index in [0.29, 0.717) is 12.3 Å². The van der Waals surface area contributed by atoms with Gasteiger partial charge in [0.2, 0.25) is 5.91 Å². The SMILES string of the molecule is Cc1ccc2ccccc2c1CN1C(=O)[C@@H](N)COc2c(Br)cccc21. The summed E-state index contributed by atoms with van der Waals surface area (Å²) in [5, 5.41) is 2.31. The lowest BCUT2D eigenvalue weighted by atomic mass is 9.99. The second kappa shape index (κ2) is 6.74. The van der Waals surface area contributed by atoms with Crippen LogP contribution in [-0.4, -0.2) is 18.6 Å². The molecule has 0 radical (unpaired) electrons. The van der Waals surface area contributed by atoms with Crippen LogP contribution >= 0.6 is 15.9 Å². The molecule has 0 saturated carbocycles. The fraction of sp³-hybridized carbons (Fsp3) is 0.190. The number of ether oxygens (including phenoxy) is 1. The lowest BCUT2D eigenvalue weighted by molar-refractivity contribution is -0.120. The number of nitrogens with zero attached hydrogens (tertiary/aromatic N) is 1. The molecule has 4 nitrogen and oxygen atoms in total. The Hall–Kier alpha value is -2.37. The summed E-state index contributed by atoms with van der Waals surface area (Å²) in [6.45, 7) is 2.69. The fourth-order valence-electron chi connectivity index (χ4n) is 3.39. The van der Waals surface area contributed by atoms with Crippen molar-refractivity contribution in [3.63, 3.8) is 0 Å². The normalized spacial score (nSPS) is 17.0. The number of halogens is 1. The Kier molecular flexibility index (Phi) is 4.42. The molecule has 0 spiro atoms. The molecule has 1 heterocycles. The van der Waals surface area contributed by atoms with Crippen molar-refractivity contribution in [3.8, 4) is 5.75 Å². The summed E-state index contributed by atoms with van der Waals surface area (Å²) in [6, 6.07) is 17.4. The van der Waals surface area contributed by atoms with Crippen LogP contribution in [0.4, 0.5) is 5.69 Å². The van der Waals surface area contributed by atoms with Gasteiger partial charge in [0, 0.05) is 0 Å². The van der Waals surface area contributed by atoms with E-state index in [9.17, 15) is 4.79 Å². The zero-order chi connectivity index (χ0) is 18.3. The number of aryl methyl sites for hydroxylation is 1. The first kappa shape index (κ1) is 17.1. The number of nitrogens with two attached hydrogens (primary N) is 1. The molecule has 0 unspecified atom stereocenters. The Balaban J connectivity index is 1.86. The Morgan fingerprint density at radius 3 is 2.81 bits per heavy atom. The van der Waals surface area contributed by atoms with Crippen molar-refractivity contribution in [3.05, 3.63) is 70.2 Å². The molecule has 26 heavy (non-hydrogen) atoms. The van der Waals surface area contributed by atoms with Gasteiger partial charge >= 0.3 is 0 Å². The van der Waals surface area contributed by atoms with Crippen LogP contribution in [0.1, 0.15) is 11.1 Å². The van der Waals surface area contributed by atoms with E-state index in [1.165, 1.54) is 0 Å². The standard InChI is InChI=1S/C21H19BrN2O2/c1-13-9-10-14-5-2-3-6-15(14)16(13)11-24-19-8-4-7-17(22)20(19)26-12-18(23)21(24)25/h2-10,18H,11-12,23H2,1H3/t18-/m0/s1. The molecule has 1 atom stereocenters. The van der Waals surface area contributed by atoms with Crippen LogP contribution in [-0.2, 0) is 11.3 Å². The summed E-state index contributed by atoms with van der Waals surface area (Å²) in [6.07, 6.45) is 0. The minimum atomic E-state index is -0.690. The van der Waals surface area contributed by atoms with Gasteiger partial charge in [0.15, 0.2) is 5.75 Å². The largest absolute Gasteiger partial charge is 0.488 e. The first-order valence-electron chi connectivity index (χ1n) is 8.52. The third kappa shape index (κ3) is 2.87. The highest BCUT2D eigenvalue weighted by atomic mass is 79.9. The first-order valence-corrected chi connectivity index (χ1v) is 9.31. The second-order valence-electron chi connectivity index (χ2n) is 6.51.